The minimum atomic E-state index is -0.932. The van der Waals surface area contributed by atoms with Gasteiger partial charge in [0.2, 0.25) is 0 Å². The van der Waals surface area contributed by atoms with Gasteiger partial charge in [-0.2, -0.15) is 0 Å². The number of hydrogen-bond acceptors (Lipinski definition) is 1. The van der Waals surface area contributed by atoms with Crippen molar-refractivity contribution in [3.8, 4) is 11.5 Å². The molecule has 2 aromatic carbocycles. The van der Waals surface area contributed by atoms with E-state index in [4.69, 9.17) is 4.74 Å². The van der Waals surface area contributed by atoms with E-state index in [2.05, 4.69) is 88.7 Å². The zero-order valence-corrected chi connectivity index (χ0v) is 16.9. The van der Waals surface area contributed by atoms with E-state index in [1.54, 1.807) is 0 Å². The molecule has 0 amide bonds. The Bertz CT molecular complexity index is 746. The van der Waals surface area contributed by atoms with Crippen LogP contribution in [0.4, 0.5) is 0 Å². The summed E-state index contributed by atoms with van der Waals surface area (Å²) in [6.45, 7) is 2.16. The van der Waals surface area contributed by atoms with Crippen molar-refractivity contribution in [3.05, 3.63) is 59.2 Å². The second-order valence-corrected chi connectivity index (χ2v) is 16.7. The molecule has 2 aromatic rings. The third-order valence-corrected chi connectivity index (χ3v) is 12.1. The Morgan fingerprint density at radius 3 is 2.00 bits per heavy atom. The number of benzene rings is 2. The Morgan fingerprint density at radius 2 is 1.39 bits per heavy atom. The topological polar surface area (TPSA) is 9.23 Å². The van der Waals surface area contributed by atoms with Gasteiger partial charge in [0, 0.05) is 11.1 Å². The zero-order chi connectivity index (χ0) is 17.0. The van der Waals surface area contributed by atoms with E-state index in [9.17, 15) is 0 Å². The summed E-state index contributed by atoms with van der Waals surface area (Å²) in [5, 5.41) is 0. The van der Waals surface area contributed by atoms with Gasteiger partial charge in [0.05, 0.1) is 4.08 Å². The maximum atomic E-state index is 6.38. The lowest BCUT2D eigenvalue weighted by Crippen LogP contribution is -2.40. The van der Waals surface area contributed by atoms with Crippen molar-refractivity contribution in [1.82, 2.24) is 0 Å². The molecule has 0 spiro atoms. The maximum Gasteiger partial charge on any atom is 0.155 e. The van der Waals surface area contributed by atoms with Crippen LogP contribution in [0.25, 0.3) is 0 Å². The monoisotopic (exact) mass is 344 g/mol. The second kappa shape index (κ2) is 5.29. The standard InChI is InChI=1S/C18H26B2OS2/c1-13-9-8-11-15-17(13)21-16-12-7-6-10-14(16)18(15,22(2,3)19)23(4,5)20/h6-12H,19-20H2,1-5H3. The van der Waals surface area contributed by atoms with Gasteiger partial charge >= 0.3 is 0 Å². The summed E-state index contributed by atoms with van der Waals surface area (Å²) < 4.78 is 6.43. The summed E-state index contributed by atoms with van der Waals surface area (Å²) in [7, 11) is 3.05. The molecule has 0 saturated carbocycles. The first kappa shape index (κ1) is 16.9. The summed E-state index contributed by atoms with van der Waals surface area (Å²) in [5.74, 6) is 2.12. The average Bonchev–Trinajstić information content (AvgIpc) is 2.43. The van der Waals surface area contributed by atoms with Crippen LogP contribution in [0.3, 0.4) is 0 Å². The molecule has 0 bridgehead atoms. The molecule has 5 heteroatoms. The molecule has 1 nitrogen and oxygen atoms in total. The first-order valence-corrected chi connectivity index (χ1v) is 13.6. The van der Waals surface area contributed by atoms with Crippen molar-refractivity contribution < 1.29 is 4.74 Å². The highest BCUT2D eigenvalue weighted by molar-refractivity contribution is 8.64. The van der Waals surface area contributed by atoms with Gasteiger partial charge < -0.3 is 4.74 Å². The van der Waals surface area contributed by atoms with Crippen LogP contribution in [0.5, 0.6) is 11.5 Å². The van der Waals surface area contributed by atoms with Crippen molar-refractivity contribution in [2.45, 2.75) is 11.0 Å². The average molecular weight is 344 g/mol. The number of hydrogen-bond donors (Lipinski definition) is 0. The second-order valence-electron chi connectivity index (χ2n) is 7.84. The molecule has 0 aromatic heterocycles. The molecule has 0 atom stereocenters. The molecule has 0 saturated heterocycles. The third-order valence-electron chi connectivity index (χ3n) is 4.74. The third kappa shape index (κ3) is 2.27. The number of aryl methyl sites for hydroxylation is 1. The normalized spacial score (nSPS) is 17.6. The van der Waals surface area contributed by atoms with Gasteiger partial charge in [0.1, 0.15) is 11.5 Å². The summed E-state index contributed by atoms with van der Waals surface area (Å²) in [6.07, 6.45) is 9.83. The lowest BCUT2D eigenvalue weighted by Gasteiger charge is -2.62. The van der Waals surface area contributed by atoms with E-state index in [-0.39, 0.29) is 4.08 Å². The zero-order valence-electron chi connectivity index (χ0n) is 15.3. The molecule has 0 fully saturated rings. The minimum Gasteiger partial charge on any atom is -0.456 e. The highest BCUT2D eigenvalue weighted by Crippen LogP contribution is 2.78. The predicted octanol–water partition coefficient (Wildman–Crippen LogP) is 3.53. The quantitative estimate of drug-likeness (QED) is 0.758. The minimum absolute atomic E-state index is 0.0518. The first-order valence-electron chi connectivity index (χ1n) is 7.84. The van der Waals surface area contributed by atoms with Gasteiger partial charge in [-0.05, 0) is 43.6 Å². The Kier molecular flexibility index (Phi) is 3.89. The molecule has 0 N–H and O–H groups in total. The molecular weight excluding hydrogens is 318 g/mol. The van der Waals surface area contributed by atoms with Crippen LogP contribution in [0.1, 0.15) is 16.7 Å². The molecule has 122 valence electrons. The van der Waals surface area contributed by atoms with E-state index in [1.807, 2.05) is 0 Å². The van der Waals surface area contributed by atoms with Crippen molar-refractivity contribution in [3.63, 3.8) is 0 Å². The predicted molar refractivity (Wildman–Crippen MR) is 114 cm³/mol. The van der Waals surface area contributed by atoms with Crippen LogP contribution in [0.2, 0.25) is 0 Å². The molecular formula is C18H26B2OS2. The molecule has 1 aliphatic rings. The summed E-state index contributed by atoms with van der Waals surface area (Å²) in [4.78, 5) is 0. The van der Waals surface area contributed by atoms with E-state index < -0.39 is 19.8 Å². The van der Waals surface area contributed by atoms with Crippen LogP contribution in [-0.2, 0) is 4.08 Å². The van der Waals surface area contributed by atoms with Crippen LogP contribution in [-0.4, -0.2) is 39.3 Å². The molecule has 1 aliphatic heterocycles. The Labute approximate surface area is 145 Å². The Hall–Kier alpha value is -0.930. The smallest absolute Gasteiger partial charge is 0.155 e. The van der Waals surface area contributed by atoms with Crippen molar-refractivity contribution in [2.24, 2.45) is 0 Å². The maximum absolute atomic E-state index is 6.38. The van der Waals surface area contributed by atoms with E-state index in [0.717, 1.165) is 11.5 Å². The summed E-state index contributed by atoms with van der Waals surface area (Å²) in [5.41, 5.74) is 4.00. The van der Waals surface area contributed by atoms with E-state index >= 15 is 0 Å². The largest absolute Gasteiger partial charge is 0.456 e. The lowest BCUT2D eigenvalue weighted by molar-refractivity contribution is 0.451. The highest BCUT2D eigenvalue weighted by atomic mass is 32.3. The molecule has 23 heavy (non-hydrogen) atoms. The molecule has 1 heterocycles. The van der Waals surface area contributed by atoms with Gasteiger partial charge in [0.25, 0.3) is 0 Å². The number of para-hydroxylation sites is 2. The van der Waals surface area contributed by atoms with Gasteiger partial charge in [-0.3, -0.25) is 19.8 Å². The Morgan fingerprint density at radius 1 is 0.826 bits per heavy atom. The number of rotatable bonds is 2. The highest BCUT2D eigenvalue weighted by Gasteiger charge is 2.53. The van der Waals surface area contributed by atoms with Crippen LogP contribution in [0, 0.1) is 6.92 Å². The van der Waals surface area contributed by atoms with Crippen molar-refractivity contribution in [2.75, 3.05) is 25.0 Å². The lowest BCUT2D eigenvalue weighted by atomic mass is 9.97. The molecule has 0 aliphatic carbocycles. The van der Waals surface area contributed by atoms with E-state index in [1.165, 1.54) is 16.7 Å². The fraction of sp³-hybridized carbons (Fsp3) is 0.333. The summed E-state index contributed by atoms with van der Waals surface area (Å²) >= 11 is 0. The van der Waals surface area contributed by atoms with Gasteiger partial charge in [-0.15, -0.1) is 0 Å². The van der Waals surface area contributed by atoms with Crippen LogP contribution < -0.4 is 4.74 Å². The molecule has 0 unspecified atom stereocenters. The van der Waals surface area contributed by atoms with Crippen molar-refractivity contribution in [1.29, 1.82) is 0 Å². The van der Waals surface area contributed by atoms with Gasteiger partial charge in [0.15, 0.2) is 14.2 Å². The summed E-state index contributed by atoms with van der Waals surface area (Å²) in [6, 6.07) is 15.3. The van der Waals surface area contributed by atoms with Gasteiger partial charge in [-0.25, -0.2) is 0 Å². The number of ether oxygens (including phenoxy) is 1. The van der Waals surface area contributed by atoms with E-state index in [0.29, 0.717) is 0 Å². The fourth-order valence-electron chi connectivity index (χ4n) is 4.20. The van der Waals surface area contributed by atoms with Crippen LogP contribution in [0.15, 0.2) is 42.5 Å². The van der Waals surface area contributed by atoms with Crippen LogP contribution >= 0.6 is 19.8 Å². The first-order chi connectivity index (χ1) is 10.6. The molecule has 3 rings (SSSR count). The Balaban J connectivity index is 2.51. The number of fused-ring (bicyclic) bond motifs is 2. The fourth-order valence-corrected chi connectivity index (χ4v) is 13.5. The SMILES string of the molecule is BS(C)(C)C1(S(B)(C)C)c2ccccc2Oc2c(C)cccc21. The molecule has 0 radical (unpaired) electrons. The van der Waals surface area contributed by atoms with Crippen molar-refractivity contribution >= 4 is 34.0 Å². The van der Waals surface area contributed by atoms with Gasteiger partial charge in [-0.1, -0.05) is 36.4 Å².